The number of benzene rings is 2. The zero-order chi connectivity index (χ0) is 21.8. The number of rotatable bonds is 6. The lowest BCUT2D eigenvalue weighted by Gasteiger charge is -2.28. The summed E-state index contributed by atoms with van der Waals surface area (Å²) in [7, 11) is 1.74. The highest BCUT2D eigenvalue weighted by molar-refractivity contribution is 7.18. The molecule has 0 N–H and O–H groups in total. The summed E-state index contributed by atoms with van der Waals surface area (Å²) in [4.78, 5) is 31.8. The number of thiazole rings is 1. The van der Waals surface area contributed by atoms with E-state index in [9.17, 15) is 9.59 Å². The molecule has 1 aromatic heterocycles. The van der Waals surface area contributed by atoms with Crippen molar-refractivity contribution in [2.24, 2.45) is 5.92 Å². The number of hydrogen-bond donors (Lipinski definition) is 0. The van der Waals surface area contributed by atoms with E-state index in [-0.39, 0.29) is 30.3 Å². The van der Waals surface area contributed by atoms with Crippen LogP contribution in [0.2, 0.25) is 0 Å². The van der Waals surface area contributed by atoms with Gasteiger partial charge in [0.1, 0.15) is 0 Å². The Balaban J connectivity index is 1.37. The highest BCUT2D eigenvalue weighted by Gasteiger charge is 2.35. The van der Waals surface area contributed by atoms with Gasteiger partial charge in [0.25, 0.3) is 5.91 Å². The fourth-order valence-electron chi connectivity index (χ4n) is 4.16. The molecule has 1 saturated carbocycles. The van der Waals surface area contributed by atoms with E-state index in [1.807, 2.05) is 49.4 Å². The van der Waals surface area contributed by atoms with Crippen LogP contribution in [0.5, 0.6) is 0 Å². The van der Waals surface area contributed by atoms with Crippen molar-refractivity contribution in [3.05, 3.63) is 64.7 Å². The SMILES string of the molecule is Cc1ccc(CN(C)C(=O)COC(=O)C2CCCCC2c2nc3ccccc3s2)cc1. The molecule has 1 heterocycles. The van der Waals surface area contributed by atoms with Gasteiger partial charge in [-0.25, -0.2) is 4.98 Å². The van der Waals surface area contributed by atoms with Crippen LogP contribution in [-0.2, 0) is 20.9 Å². The van der Waals surface area contributed by atoms with Crippen LogP contribution in [0.25, 0.3) is 10.2 Å². The Morgan fingerprint density at radius 1 is 1.10 bits per heavy atom. The average Bonchev–Trinajstić information content (AvgIpc) is 3.23. The van der Waals surface area contributed by atoms with E-state index in [4.69, 9.17) is 9.72 Å². The summed E-state index contributed by atoms with van der Waals surface area (Å²) in [5.74, 6) is -0.633. The summed E-state index contributed by atoms with van der Waals surface area (Å²) in [6.07, 6.45) is 3.80. The van der Waals surface area contributed by atoms with Crippen molar-refractivity contribution >= 4 is 33.4 Å². The van der Waals surface area contributed by atoms with Crippen molar-refractivity contribution in [1.82, 2.24) is 9.88 Å². The number of aryl methyl sites for hydroxylation is 1. The van der Waals surface area contributed by atoms with Crippen molar-refractivity contribution in [1.29, 1.82) is 0 Å². The van der Waals surface area contributed by atoms with Crippen LogP contribution in [-0.4, -0.2) is 35.4 Å². The molecule has 0 radical (unpaired) electrons. The van der Waals surface area contributed by atoms with E-state index in [2.05, 4.69) is 6.07 Å². The van der Waals surface area contributed by atoms with Gasteiger partial charge in [-0.1, -0.05) is 54.8 Å². The molecule has 1 aliphatic rings. The Bertz CT molecular complexity index is 1030. The Morgan fingerprint density at radius 2 is 1.84 bits per heavy atom. The number of esters is 1. The Morgan fingerprint density at radius 3 is 2.61 bits per heavy atom. The molecule has 2 unspecified atom stereocenters. The van der Waals surface area contributed by atoms with Gasteiger partial charge in [0.05, 0.1) is 21.1 Å². The van der Waals surface area contributed by atoms with Gasteiger partial charge < -0.3 is 9.64 Å². The van der Waals surface area contributed by atoms with Crippen molar-refractivity contribution in [2.75, 3.05) is 13.7 Å². The fraction of sp³-hybridized carbons (Fsp3) is 0.400. The van der Waals surface area contributed by atoms with Gasteiger partial charge in [-0.3, -0.25) is 9.59 Å². The van der Waals surface area contributed by atoms with E-state index in [1.54, 1.807) is 23.3 Å². The van der Waals surface area contributed by atoms with E-state index in [0.29, 0.717) is 6.54 Å². The number of aromatic nitrogens is 1. The van der Waals surface area contributed by atoms with Crippen molar-refractivity contribution < 1.29 is 14.3 Å². The summed E-state index contributed by atoms with van der Waals surface area (Å²) in [5, 5.41) is 1.01. The summed E-state index contributed by atoms with van der Waals surface area (Å²) in [6.45, 7) is 2.31. The maximum atomic E-state index is 12.9. The van der Waals surface area contributed by atoms with Crippen LogP contribution in [0.4, 0.5) is 0 Å². The van der Waals surface area contributed by atoms with Crippen LogP contribution in [0, 0.1) is 12.8 Å². The maximum absolute atomic E-state index is 12.9. The van der Waals surface area contributed by atoms with Gasteiger partial charge in [-0.15, -0.1) is 11.3 Å². The number of para-hydroxylation sites is 1. The minimum absolute atomic E-state index is 0.0686. The molecule has 4 rings (SSSR count). The van der Waals surface area contributed by atoms with Gasteiger partial charge in [0.15, 0.2) is 6.61 Å². The van der Waals surface area contributed by atoms with Crippen molar-refractivity contribution in [3.8, 4) is 0 Å². The van der Waals surface area contributed by atoms with Crippen LogP contribution in [0.15, 0.2) is 48.5 Å². The molecule has 6 heteroatoms. The number of ether oxygens (including phenoxy) is 1. The molecule has 31 heavy (non-hydrogen) atoms. The van der Waals surface area contributed by atoms with Crippen LogP contribution >= 0.6 is 11.3 Å². The molecule has 0 saturated heterocycles. The van der Waals surface area contributed by atoms with Crippen molar-refractivity contribution in [2.45, 2.75) is 45.1 Å². The van der Waals surface area contributed by atoms with Gasteiger partial charge in [0, 0.05) is 19.5 Å². The first-order valence-corrected chi connectivity index (χ1v) is 11.6. The fourth-order valence-corrected chi connectivity index (χ4v) is 5.33. The minimum Gasteiger partial charge on any atom is -0.455 e. The number of carbonyl (C=O) groups excluding carboxylic acids is 2. The first-order valence-electron chi connectivity index (χ1n) is 10.8. The quantitative estimate of drug-likeness (QED) is 0.506. The lowest BCUT2D eigenvalue weighted by molar-refractivity contribution is -0.156. The van der Waals surface area contributed by atoms with Gasteiger partial charge in [-0.2, -0.15) is 0 Å². The molecule has 1 aliphatic carbocycles. The molecule has 0 bridgehead atoms. The molecule has 1 amide bonds. The molecule has 1 fully saturated rings. The number of fused-ring (bicyclic) bond motifs is 1. The second-order valence-electron chi connectivity index (χ2n) is 8.36. The molecule has 162 valence electrons. The topological polar surface area (TPSA) is 59.5 Å². The normalized spacial score (nSPS) is 18.6. The van der Waals surface area contributed by atoms with Crippen molar-refractivity contribution in [3.63, 3.8) is 0 Å². The Kier molecular flexibility index (Phi) is 6.66. The number of hydrogen-bond acceptors (Lipinski definition) is 5. The highest BCUT2D eigenvalue weighted by atomic mass is 32.1. The molecule has 3 aromatic rings. The standard InChI is InChI=1S/C25H28N2O3S/c1-17-11-13-18(14-12-17)15-27(2)23(28)16-30-25(29)20-8-4-3-7-19(20)24-26-21-9-5-6-10-22(21)31-24/h5-6,9-14,19-20H,3-4,7-8,15-16H2,1-2H3. The predicted molar refractivity (Wildman–Crippen MR) is 123 cm³/mol. The molecular weight excluding hydrogens is 408 g/mol. The summed E-state index contributed by atoms with van der Waals surface area (Å²) in [5.41, 5.74) is 3.21. The van der Waals surface area contributed by atoms with E-state index >= 15 is 0 Å². The van der Waals surface area contributed by atoms with Gasteiger partial charge >= 0.3 is 5.97 Å². The molecule has 0 spiro atoms. The zero-order valence-electron chi connectivity index (χ0n) is 18.0. The third-order valence-electron chi connectivity index (χ3n) is 6.00. The lowest BCUT2D eigenvalue weighted by Crippen LogP contribution is -2.33. The number of nitrogens with zero attached hydrogens (tertiary/aromatic N) is 2. The lowest BCUT2D eigenvalue weighted by atomic mass is 9.79. The summed E-state index contributed by atoms with van der Waals surface area (Å²) in [6, 6.07) is 16.1. The van der Waals surface area contributed by atoms with Gasteiger partial charge in [0.2, 0.25) is 0 Å². The molecule has 0 aliphatic heterocycles. The highest BCUT2D eigenvalue weighted by Crippen LogP contribution is 2.41. The predicted octanol–water partition coefficient (Wildman–Crippen LogP) is 5.08. The van der Waals surface area contributed by atoms with E-state index in [0.717, 1.165) is 46.5 Å². The largest absolute Gasteiger partial charge is 0.455 e. The van der Waals surface area contributed by atoms with Crippen LogP contribution in [0.1, 0.15) is 47.7 Å². The number of amides is 1. The Hall–Kier alpha value is -2.73. The minimum atomic E-state index is -0.277. The second-order valence-corrected chi connectivity index (χ2v) is 9.42. The van der Waals surface area contributed by atoms with Crippen LogP contribution in [0.3, 0.4) is 0 Å². The summed E-state index contributed by atoms with van der Waals surface area (Å²) < 4.78 is 6.64. The smallest absolute Gasteiger partial charge is 0.310 e. The second kappa shape index (κ2) is 9.60. The molecule has 2 atom stereocenters. The third kappa shape index (κ3) is 5.13. The molecule has 5 nitrogen and oxygen atoms in total. The number of likely N-dealkylation sites (N-methyl/N-ethyl adjacent to an activating group) is 1. The first-order chi connectivity index (χ1) is 15.0. The van der Waals surface area contributed by atoms with E-state index in [1.165, 1.54) is 5.56 Å². The average molecular weight is 437 g/mol. The Labute approximate surface area is 187 Å². The maximum Gasteiger partial charge on any atom is 0.310 e. The molecular formula is C25H28N2O3S. The molecule has 2 aromatic carbocycles. The third-order valence-corrected chi connectivity index (χ3v) is 7.17. The summed E-state index contributed by atoms with van der Waals surface area (Å²) >= 11 is 1.66. The zero-order valence-corrected chi connectivity index (χ0v) is 18.9. The van der Waals surface area contributed by atoms with Gasteiger partial charge in [-0.05, 0) is 37.5 Å². The van der Waals surface area contributed by atoms with E-state index < -0.39 is 0 Å². The van der Waals surface area contributed by atoms with Crippen LogP contribution < -0.4 is 0 Å². The monoisotopic (exact) mass is 436 g/mol. The number of carbonyl (C=O) groups is 2. The first kappa shape index (κ1) is 21.5.